The number of rotatable bonds is 6. The molecule has 0 aliphatic carbocycles. The highest BCUT2D eigenvalue weighted by Crippen LogP contribution is 2.27. The van der Waals surface area contributed by atoms with E-state index in [-0.39, 0.29) is 11.8 Å². The number of ether oxygens (including phenoxy) is 1. The van der Waals surface area contributed by atoms with Crippen LogP contribution in [0.15, 0.2) is 72.8 Å². The maximum Gasteiger partial charge on any atom is 0.304 e. The van der Waals surface area contributed by atoms with Gasteiger partial charge in [0, 0.05) is 21.7 Å². The maximum atomic E-state index is 13.0. The Morgan fingerprint density at radius 2 is 1.68 bits per heavy atom. The Labute approximate surface area is 204 Å². The summed E-state index contributed by atoms with van der Waals surface area (Å²) < 4.78 is 7.03. The molecule has 0 bridgehead atoms. The van der Waals surface area contributed by atoms with E-state index in [0.29, 0.717) is 22.3 Å². The van der Waals surface area contributed by atoms with Gasteiger partial charge in [0.2, 0.25) is 12.3 Å². The SMILES string of the molecule is COc1ccc([C@@H]2[C@H](NC(=O)c3ccc(Cl)cc3)C(=O)N/[N+]2=C\c2ccc(C(C)C)cc2)cc1. The van der Waals surface area contributed by atoms with Crippen LogP contribution in [0.1, 0.15) is 52.9 Å². The number of nitrogens with one attached hydrogen (secondary N) is 2. The largest absolute Gasteiger partial charge is 0.497 e. The molecule has 174 valence electrons. The van der Waals surface area contributed by atoms with Crippen molar-refractivity contribution in [3.05, 3.63) is 100 Å². The molecule has 0 unspecified atom stereocenters. The number of halogens is 1. The first-order valence-electron chi connectivity index (χ1n) is 11.1. The molecule has 1 saturated heterocycles. The van der Waals surface area contributed by atoms with Gasteiger partial charge in [0.15, 0.2) is 6.04 Å². The zero-order valence-electron chi connectivity index (χ0n) is 19.3. The second kappa shape index (κ2) is 10.1. The summed E-state index contributed by atoms with van der Waals surface area (Å²) in [6, 6.07) is 21.0. The number of carbonyl (C=O) groups excluding carboxylic acids is 2. The number of hydrogen-bond donors (Lipinski definition) is 2. The minimum atomic E-state index is -0.803. The van der Waals surface area contributed by atoms with Crippen molar-refractivity contribution in [3.8, 4) is 5.75 Å². The molecule has 6 nitrogen and oxygen atoms in total. The van der Waals surface area contributed by atoms with E-state index in [9.17, 15) is 9.59 Å². The van der Waals surface area contributed by atoms with E-state index in [2.05, 4.69) is 36.7 Å². The van der Waals surface area contributed by atoms with Gasteiger partial charge in [-0.1, -0.05) is 37.6 Å². The van der Waals surface area contributed by atoms with Gasteiger partial charge in [-0.15, -0.1) is 10.1 Å². The minimum absolute atomic E-state index is 0.293. The first-order chi connectivity index (χ1) is 16.4. The van der Waals surface area contributed by atoms with Crippen LogP contribution >= 0.6 is 11.6 Å². The Bertz CT molecular complexity index is 1200. The molecule has 1 fully saturated rings. The zero-order chi connectivity index (χ0) is 24.2. The fraction of sp³-hybridized carbons (Fsp3) is 0.222. The number of nitrogens with zero attached hydrogens (tertiary/aromatic N) is 1. The second-order valence-corrected chi connectivity index (χ2v) is 8.95. The number of carbonyl (C=O) groups is 2. The van der Waals surface area contributed by atoms with Crippen molar-refractivity contribution in [1.82, 2.24) is 10.7 Å². The highest BCUT2D eigenvalue weighted by molar-refractivity contribution is 6.30. The molecule has 1 aliphatic heterocycles. The first-order valence-corrected chi connectivity index (χ1v) is 11.5. The van der Waals surface area contributed by atoms with Crippen molar-refractivity contribution < 1.29 is 19.0 Å². The average Bonchev–Trinajstić information content (AvgIpc) is 3.14. The average molecular weight is 477 g/mol. The van der Waals surface area contributed by atoms with Crippen LogP contribution in [0.25, 0.3) is 0 Å². The molecular weight excluding hydrogens is 450 g/mol. The Morgan fingerprint density at radius 1 is 1.03 bits per heavy atom. The van der Waals surface area contributed by atoms with Gasteiger partial charge >= 0.3 is 5.91 Å². The molecule has 2 N–H and O–H groups in total. The molecule has 0 spiro atoms. The van der Waals surface area contributed by atoms with Crippen molar-refractivity contribution in [2.45, 2.75) is 31.8 Å². The molecule has 1 aliphatic rings. The van der Waals surface area contributed by atoms with Gasteiger partial charge in [-0.3, -0.25) is 9.59 Å². The lowest BCUT2D eigenvalue weighted by atomic mass is 9.99. The fourth-order valence-corrected chi connectivity index (χ4v) is 4.06. The summed E-state index contributed by atoms with van der Waals surface area (Å²) in [5, 5.41) is 3.43. The quantitative estimate of drug-likeness (QED) is 0.515. The summed E-state index contributed by atoms with van der Waals surface area (Å²) in [6.45, 7) is 4.29. The molecule has 0 radical (unpaired) electrons. The molecule has 2 atom stereocenters. The second-order valence-electron chi connectivity index (χ2n) is 8.51. The van der Waals surface area contributed by atoms with Crippen LogP contribution in [0.3, 0.4) is 0 Å². The molecular formula is C27H27ClN3O3+. The molecule has 1 heterocycles. The van der Waals surface area contributed by atoms with Crippen LogP contribution in [0.2, 0.25) is 5.02 Å². The van der Waals surface area contributed by atoms with E-state index < -0.39 is 12.1 Å². The highest BCUT2D eigenvalue weighted by atomic mass is 35.5. The first kappa shape index (κ1) is 23.5. The highest BCUT2D eigenvalue weighted by Gasteiger charge is 2.47. The van der Waals surface area contributed by atoms with Gasteiger partial charge in [-0.25, -0.2) is 0 Å². The molecule has 4 rings (SSSR count). The lowest BCUT2D eigenvalue weighted by Crippen LogP contribution is -2.42. The van der Waals surface area contributed by atoms with Gasteiger partial charge in [0.25, 0.3) is 5.91 Å². The lowest BCUT2D eigenvalue weighted by Gasteiger charge is -2.15. The Kier molecular flexibility index (Phi) is 6.98. The van der Waals surface area contributed by atoms with E-state index in [4.69, 9.17) is 16.3 Å². The molecule has 3 aromatic carbocycles. The summed E-state index contributed by atoms with van der Waals surface area (Å²) in [5.74, 6) is 0.499. The van der Waals surface area contributed by atoms with Gasteiger partial charge < -0.3 is 10.1 Å². The van der Waals surface area contributed by atoms with Crippen LogP contribution in [-0.2, 0) is 4.79 Å². The number of methoxy groups -OCH3 is 1. The summed E-state index contributed by atoms with van der Waals surface area (Å²) in [6.07, 6.45) is 1.88. The minimum Gasteiger partial charge on any atom is -0.497 e. The van der Waals surface area contributed by atoms with Crippen molar-refractivity contribution in [1.29, 1.82) is 0 Å². The number of hydrogen-bond acceptors (Lipinski definition) is 3. The van der Waals surface area contributed by atoms with E-state index in [1.54, 1.807) is 36.1 Å². The number of hydrazone groups is 1. The smallest absolute Gasteiger partial charge is 0.304 e. The molecule has 3 aromatic rings. The van der Waals surface area contributed by atoms with E-state index >= 15 is 0 Å². The van der Waals surface area contributed by atoms with Crippen molar-refractivity contribution >= 4 is 29.6 Å². The molecule has 34 heavy (non-hydrogen) atoms. The summed E-state index contributed by atoms with van der Waals surface area (Å²) in [4.78, 5) is 25.9. The third-order valence-corrected chi connectivity index (χ3v) is 6.13. The van der Waals surface area contributed by atoms with Crippen LogP contribution < -0.4 is 15.5 Å². The molecule has 0 aromatic heterocycles. The molecule has 2 amide bonds. The summed E-state index contributed by atoms with van der Waals surface area (Å²) >= 11 is 5.94. The topological polar surface area (TPSA) is 70.4 Å². The monoisotopic (exact) mass is 476 g/mol. The van der Waals surface area contributed by atoms with E-state index in [0.717, 1.165) is 11.1 Å². The fourth-order valence-electron chi connectivity index (χ4n) is 3.93. The van der Waals surface area contributed by atoms with Gasteiger partial charge in [-0.05, 0) is 72.1 Å². The number of hydrazine groups is 1. The van der Waals surface area contributed by atoms with Crippen molar-refractivity contribution in [3.63, 3.8) is 0 Å². The Morgan fingerprint density at radius 3 is 2.26 bits per heavy atom. The maximum absolute atomic E-state index is 13.0. The van der Waals surface area contributed by atoms with Gasteiger partial charge in [0.05, 0.1) is 7.11 Å². The van der Waals surface area contributed by atoms with E-state index in [1.807, 2.05) is 42.6 Å². The standard InChI is InChI=1S/C27H26ClN3O3/c1-17(2)19-6-4-18(5-7-19)16-31-25(20-10-14-23(34-3)15-11-20)24(27(33)30-31)29-26(32)21-8-12-22(28)13-9-21/h4-17,24-25H,1-3H3,(H-,29,30,32,33)/p+1/b31-16-/t24-,25+/m0/s1. The van der Waals surface area contributed by atoms with Crippen molar-refractivity contribution in [2.75, 3.05) is 7.11 Å². The molecule has 0 saturated carbocycles. The van der Waals surface area contributed by atoms with Gasteiger partial charge in [-0.2, -0.15) is 0 Å². The van der Waals surface area contributed by atoms with E-state index in [1.165, 1.54) is 5.56 Å². The normalized spacial score (nSPS) is 18.7. The Balaban J connectivity index is 1.68. The summed E-state index contributed by atoms with van der Waals surface area (Å²) in [7, 11) is 1.60. The predicted octanol–water partition coefficient (Wildman–Crippen LogP) is 4.49. The van der Waals surface area contributed by atoms with Crippen LogP contribution in [-0.4, -0.2) is 35.9 Å². The lowest BCUT2D eigenvalue weighted by molar-refractivity contribution is -0.596. The number of amides is 2. The summed E-state index contributed by atoms with van der Waals surface area (Å²) in [5.41, 5.74) is 6.37. The zero-order valence-corrected chi connectivity index (χ0v) is 20.0. The van der Waals surface area contributed by atoms with Crippen molar-refractivity contribution in [2.24, 2.45) is 0 Å². The third kappa shape index (κ3) is 5.13. The van der Waals surface area contributed by atoms with Crippen LogP contribution in [0, 0.1) is 0 Å². The number of benzene rings is 3. The third-order valence-electron chi connectivity index (χ3n) is 5.88. The van der Waals surface area contributed by atoms with Crippen LogP contribution in [0.4, 0.5) is 0 Å². The Hall–Kier alpha value is -3.64. The molecule has 7 heteroatoms. The van der Waals surface area contributed by atoms with Crippen LogP contribution in [0.5, 0.6) is 5.75 Å². The van der Waals surface area contributed by atoms with Gasteiger partial charge in [0.1, 0.15) is 5.75 Å². The predicted molar refractivity (Wildman–Crippen MR) is 133 cm³/mol.